The summed E-state index contributed by atoms with van der Waals surface area (Å²) in [6, 6.07) is 5.68. The summed E-state index contributed by atoms with van der Waals surface area (Å²) >= 11 is 0. The summed E-state index contributed by atoms with van der Waals surface area (Å²) in [6.07, 6.45) is 1.91. The van der Waals surface area contributed by atoms with E-state index in [-0.39, 0.29) is 30.0 Å². The zero-order valence-corrected chi connectivity index (χ0v) is 19.5. The highest BCUT2D eigenvalue weighted by Gasteiger charge is 2.31. The predicted molar refractivity (Wildman–Crippen MR) is 123 cm³/mol. The average Bonchev–Trinajstić information content (AvgIpc) is 3.22. The molecule has 0 radical (unpaired) electrons. The lowest BCUT2D eigenvalue weighted by molar-refractivity contribution is -0.137. The molecule has 1 aliphatic heterocycles. The fourth-order valence-electron chi connectivity index (χ4n) is 3.64. The lowest BCUT2D eigenvalue weighted by Gasteiger charge is -2.34. The van der Waals surface area contributed by atoms with Crippen molar-refractivity contribution in [3.05, 3.63) is 47.5 Å². The van der Waals surface area contributed by atoms with E-state index in [4.69, 9.17) is 9.73 Å². The van der Waals surface area contributed by atoms with Crippen LogP contribution in [0.15, 0.2) is 41.4 Å². The maximum atomic E-state index is 12.9. The number of halogens is 4. The molecule has 0 aromatic heterocycles. The number of hydrogen-bond acceptors (Lipinski definition) is 3. The fraction of sp³-hybridized carbons (Fsp3) is 0.571. The van der Waals surface area contributed by atoms with Gasteiger partial charge in [0, 0.05) is 25.7 Å². The largest absolute Gasteiger partial charge is 0.416 e. The number of aliphatic imine (C=N–C) groups is 1. The molecule has 168 valence electrons. The minimum atomic E-state index is -4.33. The number of alkyl halides is 3. The molecule has 5 nitrogen and oxygen atoms in total. The standard InChI is InChI=1S/C21H29F3N4O.HI/c1-2-25-20(27-18-5-3-4-6-18)26-15-19(28-11-13-29-14-12-28)16-7-9-17(10-8-16)21(22,23)24;/h3-4,7-10,18-19H,2,5-6,11-15H2,1H3,(H2,25,26,27);1H. The molecule has 2 N–H and O–H groups in total. The first kappa shape index (κ1) is 24.9. The third-order valence-electron chi connectivity index (χ3n) is 5.22. The molecule has 1 atom stereocenters. The second kappa shape index (κ2) is 11.9. The smallest absolute Gasteiger partial charge is 0.379 e. The average molecular weight is 538 g/mol. The molecule has 0 saturated carbocycles. The molecule has 0 amide bonds. The Kier molecular flexibility index (Phi) is 9.89. The molecule has 1 heterocycles. The number of morpholine rings is 1. The van der Waals surface area contributed by atoms with Crippen molar-refractivity contribution < 1.29 is 17.9 Å². The van der Waals surface area contributed by atoms with Crippen molar-refractivity contribution in [2.24, 2.45) is 4.99 Å². The third kappa shape index (κ3) is 7.12. The number of benzene rings is 1. The lowest BCUT2D eigenvalue weighted by Crippen LogP contribution is -2.44. The van der Waals surface area contributed by atoms with Crippen LogP contribution in [-0.4, -0.2) is 56.3 Å². The Morgan fingerprint density at radius 2 is 1.80 bits per heavy atom. The molecule has 0 bridgehead atoms. The van der Waals surface area contributed by atoms with Crippen LogP contribution in [0.25, 0.3) is 0 Å². The summed E-state index contributed by atoms with van der Waals surface area (Å²) in [5.41, 5.74) is 0.205. The topological polar surface area (TPSA) is 48.9 Å². The van der Waals surface area contributed by atoms with E-state index in [1.807, 2.05) is 6.92 Å². The Morgan fingerprint density at radius 3 is 2.37 bits per heavy atom. The Hall–Kier alpha value is -1.33. The van der Waals surface area contributed by atoms with E-state index >= 15 is 0 Å². The Labute approximate surface area is 193 Å². The van der Waals surface area contributed by atoms with Crippen LogP contribution in [0.5, 0.6) is 0 Å². The summed E-state index contributed by atoms with van der Waals surface area (Å²) in [5, 5.41) is 6.71. The molecule has 1 aromatic carbocycles. The molecule has 1 unspecified atom stereocenters. The van der Waals surface area contributed by atoms with Crippen LogP contribution in [0, 0.1) is 0 Å². The molecular weight excluding hydrogens is 508 g/mol. The zero-order valence-electron chi connectivity index (χ0n) is 17.1. The monoisotopic (exact) mass is 538 g/mol. The van der Waals surface area contributed by atoms with E-state index in [9.17, 15) is 13.2 Å². The molecule has 2 aliphatic rings. The van der Waals surface area contributed by atoms with Gasteiger partial charge in [0.2, 0.25) is 0 Å². The summed E-state index contributed by atoms with van der Waals surface area (Å²) in [6.45, 7) is 5.92. The zero-order chi connectivity index (χ0) is 20.7. The SMILES string of the molecule is CCNC(=NCC(c1ccc(C(F)(F)F)cc1)N1CCOCC1)NC1CC=CC1.I. The molecule has 1 aromatic rings. The van der Waals surface area contributed by atoms with Crippen LogP contribution in [0.2, 0.25) is 0 Å². The van der Waals surface area contributed by atoms with Crippen molar-refractivity contribution in [1.29, 1.82) is 0 Å². The van der Waals surface area contributed by atoms with Crippen molar-refractivity contribution >= 4 is 29.9 Å². The molecule has 1 fully saturated rings. The van der Waals surface area contributed by atoms with Crippen LogP contribution < -0.4 is 10.6 Å². The van der Waals surface area contributed by atoms with Gasteiger partial charge < -0.3 is 15.4 Å². The minimum absolute atomic E-state index is 0. The van der Waals surface area contributed by atoms with E-state index in [2.05, 4.69) is 27.7 Å². The first-order valence-electron chi connectivity index (χ1n) is 10.2. The highest BCUT2D eigenvalue weighted by Crippen LogP contribution is 2.31. The van der Waals surface area contributed by atoms with Crippen LogP contribution in [0.3, 0.4) is 0 Å². The van der Waals surface area contributed by atoms with Crippen molar-refractivity contribution in [3.63, 3.8) is 0 Å². The molecule has 30 heavy (non-hydrogen) atoms. The highest BCUT2D eigenvalue weighted by atomic mass is 127. The van der Waals surface area contributed by atoms with Gasteiger partial charge in [-0.25, -0.2) is 0 Å². The van der Waals surface area contributed by atoms with Crippen molar-refractivity contribution in [1.82, 2.24) is 15.5 Å². The van der Waals surface area contributed by atoms with Crippen LogP contribution in [-0.2, 0) is 10.9 Å². The molecule has 3 rings (SSSR count). The lowest BCUT2D eigenvalue weighted by atomic mass is 10.0. The molecule has 9 heteroatoms. The summed E-state index contributed by atoms with van der Waals surface area (Å²) < 4.78 is 44.3. The minimum Gasteiger partial charge on any atom is -0.379 e. The van der Waals surface area contributed by atoms with Gasteiger partial charge >= 0.3 is 6.18 Å². The second-order valence-corrected chi connectivity index (χ2v) is 7.29. The Balaban J connectivity index is 0.00000320. The first-order chi connectivity index (χ1) is 14.0. The fourth-order valence-corrected chi connectivity index (χ4v) is 3.64. The number of ether oxygens (including phenoxy) is 1. The third-order valence-corrected chi connectivity index (χ3v) is 5.22. The van der Waals surface area contributed by atoms with Gasteiger partial charge in [-0.15, -0.1) is 24.0 Å². The van der Waals surface area contributed by atoms with Gasteiger partial charge in [0.05, 0.1) is 31.4 Å². The van der Waals surface area contributed by atoms with Crippen molar-refractivity contribution in [3.8, 4) is 0 Å². The van der Waals surface area contributed by atoms with Crippen LogP contribution in [0.1, 0.15) is 36.9 Å². The van der Waals surface area contributed by atoms with Gasteiger partial charge in [0.15, 0.2) is 5.96 Å². The van der Waals surface area contributed by atoms with Crippen molar-refractivity contribution in [2.75, 3.05) is 39.4 Å². The van der Waals surface area contributed by atoms with E-state index in [0.717, 1.165) is 56.1 Å². The number of guanidine groups is 1. The van der Waals surface area contributed by atoms with Crippen LogP contribution >= 0.6 is 24.0 Å². The Morgan fingerprint density at radius 1 is 1.17 bits per heavy atom. The van der Waals surface area contributed by atoms with Gasteiger partial charge in [-0.3, -0.25) is 9.89 Å². The van der Waals surface area contributed by atoms with Gasteiger partial charge in [-0.2, -0.15) is 13.2 Å². The number of nitrogens with one attached hydrogen (secondary N) is 2. The number of hydrogen-bond donors (Lipinski definition) is 2. The summed E-state index contributed by atoms with van der Waals surface area (Å²) in [5.74, 6) is 0.742. The van der Waals surface area contributed by atoms with E-state index in [1.54, 1.807) is 12.1 Å². The molecule has 0 spiro atoms. The summed E-state index contributed by atoms with van der Waals surface area (Å²) in [7, 11) is 0. The summed E-state index contributed by atoms with van der Waals surface area (Å²) in [4.78, 5) is 6.99. The quantitative estimate of drug-likeness (QED) is 0.249. The maximum Gasteiger partial charge on any atom is 0.416 e. The normalized spacial score (nSPS) is 19.4. The second-order valence-electron chi connectivity index (χ2n) is 7.29. The van der Waals surface area contributed by atoms with Gasteiger partial charge in [0.25, 0.3) is 0 Å². The van der Waals surface area contributed by atoms with Gasteiger partial charge in [-0.1, -0.05) is 24.3 Å². The first-order valence-corrected chi connectivity index (χ1v) is 10.2. The predicted octanol–water partition coefficient (Wildman–Crippen LogP) is 3.97. The highest BCUT2D eigenvalue weighted by molar-refractivity contribution is 14.0. The van der Waals surface area contributed by atoms with Gasteiger partial charge in [0.1, 0.15) is 0 Å². The van der Waals surface area contributed by atoms with E-state index < -0.39 is 11.7 Å². The molecule has 1 aliphatic carbocycles. The van der Waals surface area contributed by atoms with Gasteiger partial charge in [-0.05, 0) is 37.5 Å². The maximum absolute atomic E-state index is 12.9. The molecular formula is C21H30F3IN4O. The number of rotatable bonds is 6. The van der Waals surface area contributed by atoms with Crippen molar-refractivity contribution in [2.45, 2.75) is 38.0 Å². The van der Waals surface area contributed by atoms with E-state index in [1.165, 1.54) is 0 Å². The Bertz CT molecular complexity index is 695. The molecule has 1 saturated heterocycles. The van der Waals surface area contributed by atoms with E-state index in [0.29, 0.717) is 25.8 Å². The number of nitrogens with zero attached hydrogens (tertiary/aromatic N) is 2. The van der Waals surface area contributed by atoms with Crippen LogP contribution in [0.4, 0.5) is 13.2 Å².